The van der Waals surface area contributed by atoms with Crippen LogP contribution in [0.4, 0.5) is 0 Å². The first-order valence-corrected chi connectivity index (χ1v) is 11.8. The van der Waals surface area contributed by atoms with Gasteiger partial charge in [0.1, 0.15) is 0 Å². The molecule has 2 aliphatic heterocycles. The Hall–Kier alpha value is -2.86. The van der Waals surface area contributed by atoms with E-state index in [1.807, 2.05) is 11.9 Å². The van der Waals surface area contributed by atoms with Gasteiger partial charge in [0.25, 0.3) is 0 Å². The van der Waals surface area contributed by atoms with Crippen molar-refractivity contribution >= 4 is 11.9 Å². The molecular formula is C26H35N5O. The Kier molecular flexibility index (Phi) is 7.77. The van der Waals surface area contributed by atoms with E-state index in [0.717, 1.165) is 45.0 Å². The smallest absolute Gasteiger partial charge is 0.222 e. The molecule has 2 aromatic rings. The van der Waals surface area contributed by atoms with Crippen LogP contribution in [0, 0.1) is 0 Å². The van der Waals surface area contributed by atoms with E-state index in [2.05, 4.69) is 75.1 Å². The minimum absolute atomic E-state index is 0.270. The first-order chi connectivity index (χ1) is 15.7. The summed E-state index contributed by atoms with van der Waals surface area (Å²) in [6.45, 7) is 5.46. The second kappa shape index (κ2) is 11.1. The number of hydrogen-bond acceptors (Lipinski definition) is 3. The van der Waals surface area contributed by atoms with Crippen LogP contribution in [-0.4, -0.2) is 54.4 Å². The quantitative estimate of drug-likeness (QED) is 0.520. The lowest BCUT2D eigenvalue weighted by molar-refractivity contribution is -0.128. The van der Waals surface area contributed by atoms with Crippen molar-refractivity contribution < 1.29 is 4.79 Å². The Morgan fingerprint density at radius 2 is 1.81 bits per heavy atom. The standard InChI is InChI=1S/C26H35N5O/c1-27-26(29-24-12-6-14-30(20-24)18-21-8-3-2-4-9-21)28-17-22-10-5-11-23(16-22)19-31-15-7-13-25(31)32/h2-5,8-11,16,24H,6-7,12-15,17-20H2,1H3,(H2,27,28,29). The van der Waals surface area contributed by atoms with Crippen LogP contribution in [0.25, 0.3) is 0 Å². The Balaban J connectivity index is 1.26. The number of hydrogen-bond donors (Lipinski definition) is 2. The number of carbonyl (C=O) groups excluding carboxylic acids is 1. The third-order valence-corrected chi connectivity index (χ3v) is 6.32. The van der Waals surface area contributed by atoms with Gasteiger partial charge in [0, 0.05) is 52.2 Å². The van der Waals surface area contributed by atoms with Crippen LogP contribution < -0.4 is 10.6 Å². The fraction of sp³-hybridized carbons (Fsp3) is 0.462. The third-order valence-electron chi connectivity index (χ3n) is 6.32. The maximum absolute atomic E-state index is 11.9. The second-order valence-electron chi connectivity index (χ2n) is 8.87. The van der Waals surface area contributed by atoms with E-state index < -0.39 is 0 Å². The van der Waals surface area contributed by atoms with Crippen molar-refractivity contribution in [2.45, 2.75) is 51.4 Å². The van der Waals surface area contributed by atoms with E-state index >= 15 is 0 Å². The summed E-state index contributed by atoms with van der Waals surface area (Å²) in [7, 11) is 1.83. The average Bonchev–Trinajstić information content (AvgIpc) is 3.22. The molecule has 1 unspecified atom stereocenters. The van der Waals surface area contributed by atoms with Gasteiger partial charge in [-0.25, -0.2) is 0 Å². The van der Waals surface area contributed by atoms with Gasteiger partial charge in [-0.3, -0.25) is 14.7 Å². The molecule has 0 aromatic heterocycles. The molecule has 32 heavy (non-hydrogen) atoms. The van der Waals surface area contributed by atoms with Crippen LogP contribution in [0.2, 0.25) is 0 Å². The summed E-state index contributed by atoms with van der Waals surface area (Å²) >= 11 is 0. The lowest BCUT2D eigenvalue weighted by Gasteiger charge is -2.34. The minimum atomic E-state index is 0.270. The van der Waals surface area contributed by atoms with Crippen LogP contribution in [-0.2, 0) is 24.4 Å². The first-order valence-electron chi connectivity index (χ1n) is 11.8. The van der Waals surface area contributed by atoms with Crippen molar-refractivity contribution in [2.24, 2.45) is 4.99 Å². The molecule has 170 valence electrons. The zero-order chi connectivity index (χ0) is 22.2. The van der Waals surface area contributed by atoms with E-state index in [9.17, 15) is 4.79 Å². The Labute approximate surface area is 191 Å². The highest BCUT2D eigenvalue weighted by atomic mass is 16.2. The van der Waals surface area contributed by atoms with Crippen molar-refractivity contribution in [3.63, 3.8) is 0 Å². The fourth-order valence-electron chi connectivity index (χ4n) is 4.66. The molecule has 0 saturated carbocycles. The number of piperidine rings is 1. The number of nitrogens with zero attached hydrogens (tertiary/aromatic N) is 3. The minimum Gasteiger partial charge on any atom is -0.352 e. The largest absolute Gasteiger partial charge is 0.352 e. The van der Waals surface area contributed by atoms with Gasteiger partial charge in [0.2, 0.25) is 5.91 Å². The zero-order valence-corrected chi connectivity index (χ0v) is 19.1. The van der Waals surface area contributed by atoms with Crippen LogP contribution in [0.1, 0.15) is 42.4 Å². The molecule has 6 nitrogen and oxygen atoms in total. The van der Waals surface area contributed by atoms with Crippen LogP contribution >= 0.6 is 0 Å². The lowest BCUT2D eigenvalue weighted by atomic mass is 10.0. The van der Waals surface area contributed by atoms with E-state index in [-0.39, 0.29) is 5.91 Å². The number of amides is 1. The molecule has 0 aliphatic carbocycles. The molecule has 0 radical (unpaired) electrons. The van der Waals surface area contributed by atoms with E-state index in [1.54, 1.807) is 0 Å². The summed E-state index contributed by atoms with van der Waals surface area (Å²) in [5.41, 5.74) is 3.75. The van der Waals surface area contributed by atoms with Gasteiger partial charge in [0.05, 0.1) is 0 Å². The highest BCUT2D eigenvalue weighted by Crippen LogP contribution is 2.16. The van der Waals surface area contributed by atoms with Crippen molar-refractivity contribution in [2.75, 3.05) is 26.7 Å². The maximum Gasteiger partial charge on any atom is 0.222 e. The molecule has 0 bridgehead atoms. The molecule has 2 heterocycles. The summed E-state index contributed by atoms with van der Waals surface area (Å²) in [4.78, 5) is 20.8. The van der Waals surface area contributed by atoms with E-state index in [4.69, 9.17) is 0 Å². The number of carbonyl (C=O) groups is 1. The van der Waals surface area contributed by atoms with Crippen molar-refractivity contribution in [3.8, 4) is 0 Å². The number of aliphatic imine (C=N–C) groups is 1. The Bertz CT molecular complexity index is 913. The van der Waals surface area contributed by atoms with Crippen molar-refractivity contribution in [3.05, 3.63) is 71.3 Å². The summed E-state index contributed by atoms with van der Waals surface area (Å²) in [5.74, 6) is 1.11. The van der Waals surface area contributed by atoms with Crippen LogP contribution in [0.15, 0.2) is 59.6 Å². The van der Waals surface area contributed by atoms with E-state index in [0.29, 0.717) is 25.6 Å². The zero-order valence-electron chi connectivity index (χ0n) is 19.1. The summed E-state index contributed by atoms with van der Waals surface area (Å²) < 4.78 is 0. The molecule has 2 aliphatic rings. The summed E-state index contributed by atoms with van der Waals surface area (Å²) in [5, 5.41) is 7.08. The van der Waals surface area contributed by atoms with E-state index in [1.165, 1.54) is 23.1 Å². The van der Waals surface area contributed by atoms with Crippen molar-refractivity contribution in [1.82, 2.24) is 20.4 Å². The molecule has 0 spiro atoms. The lowest BCUT2D eigenvalue weighted by Crippen LogP contribution is -2.50. The monoisotopic (exact) mass is 433 g/mol. The molecule has 4 rings (SSSR count). The topological polar surface area (TPSA) is 60.0 Å². The second-order valence-corrected chi connectivity index (χ2v) is 8.87. The number of nitrogens with one attached hydrogen (secondary N) is 2. The molecule has 2 aromatic carbocycles. The SMILES string of the molecule is CN=C(NCc1cccc(CN2CCCC2=O)c1)NC1CCCN(Cc2ccccc2)C1. The Morgan fingerprint density at radius 1 is 1.00 bits per heavy atom. The van der Waals surface area contributed by atoms with Crippen LogP contribution in [0.5, 0.6) is 0 Å². The maximum atomic E-state index is 11.9. The number of benzene rings is 2. The third kappa shape index (κ3) is 6.33. The molecule has 2 fully saturated rings. The van der Waals surface area contributed by atoms with Crippen LogP contribution in [0.3, 0.4) is 0 Å². The normalized spacial score (nSPS) is 19.9. The summed E-state index contributed by atoms with van der Waals surface area (Å²) in [6, 6.07) is 19.6. The molecule has 1 atom stereocenters. The molecule has 1 amide bonds. The average molecular weight is 434 g/mol. The highest BCUT2D eigenvalue weighted by Gasteiger charge is 2.21. The molecule has 2 N–H and O–H groups in total. The van der Waals surface area contributed by atoms with Gasteiger partial charge >= 0.3 is 0 Å². The first kappa shape index (κ1) is 22.3. The fourth-order valence-corrected chi connectivity index (χ4v) is 4.66. The number of rotatable bonds is 7. The van der Waals surface area contributed by atoms with Gasteiger partial charge in [0.15, 0.2) is 5.96 Å². The summed E-state index contributed by atoms with van der Waals surface area (Å²) in [6.07, 6.45) is 4.02. The molecular weight excluding hydrogens is 398 g/mol. The molecule has 2 saturated heterocycles. The van der Waals surface area contributed by atoms with Gasteiger partial charge in [-0.2, -0.15) is 0 Å². The van der Waals surface area contributed by atoms with Crippen molar-refractivity contribution in [1.29, 1.82) is 0 Å². The number of likely N-dealkylation sites (tertiary alicyclic amines) is 2. The van der Waals surface area contributed by atoms with Gasteiger partial charge in [-0.15, -0.1) is 0 Å². The molecule has 6 heteroatoms. The predicted octanol–water partition coefficient (Wildman–Crippen LogP) is 3.14. The van der Waals surface area contributed by atoms with Gasteiger partial charge < -0.3 is 15.5 Å². The highest BCUT2D eigenvalue weighted by molar-refractivity contribution is 5.80. The Morgan fingerprint density at radius 3 is 2.59 bits per heavy atom. The number of guanidine groups is 1. The van der Waals surface area contributed by atoms with Gasteiger partial charge in [-0.1, -0.05) is 54.6 Å². The van der Waals surface area contributed by atoms with Gasteiger partial charge in [-0.05, 0) is 42.5 Å². The predicted molar refractivity (Wildman–Crippen MR) is 129 cm³/mol.